The van der Waals surface area contributed by atoms with E-state index in [4.69, 9.17) is 4.74 Å². The van der Waals surface area contributed by atoms with Gasteiger partial charge in [0.05, 0.1) is 12.4 Å². The Balaban J connectivity index is 1.46. The van der Waals surface area contributed by atoms with Gasteiger partial charge in [0.15, 0.2) is 9.84 Å². The molecule has 0 N–H and O–H groups in total. The third kappa shape index (κ3) is 3.05. The van der Waals surface area contributed by atoms with Crippen LogP contribution in [0.1, 0.15) is 41.0 Å². The van der Waals surface area contributed by atoms with Crippen molar-refractivity contribution >= 4 is 15.7 Å². The highest BCUT2D eigenvalue weighted by molar-refractivity contribution is 7.93. The molecule has 4 rings (SSSR count). The van der Waals surface area contributed by atoms with Crippen molar-refractivity contribution in [2.45, 2.75) is 37.9 Å². The average Bonchev–Trinajstić information content (AvgIpc) is 3.29. The van der Waals surface area contributed by atoms with Gasteiger partial charge in [-0.1, -0.05) is 0 Å². The number of aryl methyl sites for hydroxylation is 2. The Bertz CT molecular complexity index is 806. The van der Waals surface area contributed by atoms with Gasteiger partial charge >= 0.3 is 0 Å². The summed E-state index contributed by atoms with van der Waals surface area (Å²) >= 11 is 0. The van der Waals surface area contributed by atoms with Crippen molar-refractivity contribution in [2.75, 3.05) is 32.1 Å². The van der Waals surface area contributed by atoms with Crippen LogP contribution >= 0.6 is 0 Å². The monoisotopic (exact) mass is 378 g/mol. The lowest BCUT2D eigenvalue weighted by Gasteiger charge is -2.49. The van der Waals surface area contributed by atoms with Crippen LogP contribution in [0, 0.1) is 25.7 Å². The maximum Gasteiger partial charge on any atom is 0.254 e. The molecule has 3 heterocycles. The topological polar surface area (TPSA) is 76.6 Å². The third-order valence-corrected chi connectivity index (χ3v) is 8.60. The lowest BCUT2D eigenvalue weighted by molar-refractivity contribution is 0.0228. The van der Waals surface area contributed by atoms with Crippen LogP contribution in [-0.2, 0) is 14.6 Å². The van der Waals surface area contributed by atoms with E-state index < -0.39 is 14.6 Å². The molecule has 1 spiro atoms. The summed E-state index contributed by atoms with van der Waals surface area (Å²) in [7, 11) is -3.19. The van der Waals surface area contributed by atoms with E-state index in [1.54, 1.807) is 17.0 Å². The van der Waals surface area contributed by atoms with E-state index in [0.717, 1.165) is 18.0 Å². The Hall–Kier alpha value is -1.47. The van der Waals surface area contributed by atoms with Crippen LogP contribution in [0.3, 0.4) is 0 Å². The number of sulfone groups is 1. The highest BCUT2D eigenvalue weighted by atomic mass is 32.2. The van der Waals surface area contributed by atoms with Crippen molar-refractivity contribution in [2.24, 2.45) is 11.8 Å². The number of hydrogen-bond acceptors (Lipinski definition) is 5. The fraction of sp³-hybridized carbons (Fsp3) is 0.684. The van der Waals surface area contributed by atoms with Gasteiger partial charge in [-0.15, -0.1) is 0 Å². The summed E-state index contributed by atoms with van der Waals surface area (Å²) in [5.74, 6) is 0.765. The molecule has 2 saturated heterocycles. The molecule has 7 heteroatoms. The molecule has 0 radical (unpaired) electrons. The molecule has 142 valence electrons. The second-order valence-electron chi connectivity index (χ2n) is 8.15. The smallest absolute Gasteiger partial charge is 0.254 e. The number of hydrogen-bond donors (Lipinski definition) is 0. The van der Waals surface area contributed by atoms with Crippen molar-refractivity contribution in [3.8, 4) is 0 Å². The molecule has 6 nitrogen and oxygen atoms in total. The normalized spacial score (nSPS) is 26.1. The van der Waals surface area contributed by atoms with E-state index in [-0.39, 0.29) is 30.7 Å². The van der Waals surface area contributed by atoms with E-state index in [0.29, 0.717) is 24.5 Å². The lowest BCUT2D eigenvalue weighted by Crippen LogP contribution is -2.68. The predicted octanol–water partition coefficient (Wildman–Crippen LogP) is 1.75. The second kappa shape index (κ2) is 6.30. The minimum Gasteiger partial charge on any atom is -0.381 e. The van der Waals surface area contributed by atoms with Gasteiger partial charge in [0.25, 0.3) is 5.91 Å². The third-order valence-electron chi connectivity index (χ3n) is 6.00. The molecule has 1 aromatic rings. The van der Waals surface area contributed by atoms with E-state index in [9.17, 15) is 13.2 Å². The van der Waals surface area contributed by atoms with Gasteiger partial charge in [-0.25, -0.2) is 8.42 Å². The summed E-state index contributed by atoms with van der Waals surface area (Å²) in [6.45, 7) is 5.51. The van der Waals surface area contributed by atoms with E-state index >= 15 is 0 Å². The molecule has 0 aromatic carbocycles. The minimum atomic E-state index is -3.19. The number of rotatable bonds is 5. The van der Waals surface area contributed by atoms with Crippen molar-refractivity contribution in [3.63, 3.8) is 0 Å². The first-order chi connectivity index (χ1) is 12.3. The molecule has 3 fully saturated rings. The number of aromatic nitrogens is 1. The molecule has 1 amide bonds. The fourth-order valence-corrected chi connectivity index (χ4v) is 6.65. The molecule has 0 unspecified atom stereocenters. The van der Waals surface area contributed by atoms with Crippen LogP contribution in [-0.4, -0.2) is 61.0 Å². The molecule has 3 aliphatic rings. The molecule has 1 saturated carbocycles. The highest BCUT2D eigenvalue weighted by Gasteiger charge is 2.62. The van der Waals surface area contributed by atoms with Gasteiger partial charge in [-0.2, -0.15) is 0 Å². The van der Waals surface area contributed by atoms with Gasteiger partial charge < -0.3 is 9.64 Å². The first-order valence-electron chi connectivity index (χ1n) is 9.35. The number of nitrogens with zero attached hydrogens (tertiary/aromatic N) is 2. The van der Waals surface area contributed by atoms with Crippen molar-refractivity contribution < 1.29 is 17.9 Å². The molecule has 26 heavy (non-hydrogen) atoms. The Morgan fingerprint density at radius 3 is 2.46 bits per heavy atom. The van der Waals surface area contributed by atoms with E-state index in [2.05, 4.69) is 4.98 Å². The summed E-state index contributed by atoms with van der Waals surface area (Å²) < 4.78 is 30.4. The zero-order valence-electron chi connectivity index (χ0n) is 15.4. The van der Waals surface area contributed by atoms with Crippen LogP contribution in [0.2, 0.25) is 0 Å². The summed E-state index contributed by atoms with van der Waals surface area (Å²) in [5, 5.41) is 0. The van der Waals surface area contributed by atoms with Crippen LogP contribution in [0.4, 0.5) is 0 Å². The quantitative estimate of drug-likeness (QED) is 0.780. The van der Waals surface area contributed by atoms with E-state index in [1.165, 1.54) is 12.8 Å². The number of carbonyl (C=O) groups excluding carboxylic acids is 1. The Morgan fingerprint density at radius 2 is 1.85 bits per heavy atom. The Kier molecular flexibility index (Phi) is 4.34. The largest absolute Gasteiger partial charge is 0.381 e. The predicted molar refractivity (Wildman–Crippen MR) is 97.8 cm³/mol. The fourth-order valence-electron chi connectivity index (χ4n) is 4.25. The maximum absolute atomic E-state index is 12.8. The second-order valence-corrected chi connectivity index (χ2v) is 10.6. The van der Waals surface area contributed by atoms with Gasteiger partial charge in [0.2, 0.25) is 0 Å². The van der Waals surface area contributed by atoms with Gasteiger partial charge in [-0.05, 0) is 51.2 Å². The number of ether oxygens (including phenoxy) is 1. The van der Waals surface area contributed by atoms with E-state index in [1.807, 2.05) is 13.8 Å². The zero-order chi connectivity index (χ0) is 18.5. The molecular weight excluding hydrogens is 352 g/mol. The molecular formula is C19H26N2O4S. The average molecular weight is 378 g/mol. The van der Waals surface area contributed by atoms with Gasteiger partial charge in [0, 0.05) is 42.6 Å². The summed E-state index contributed by atoms with van der Waals surface area (Å²) in [4.78, 5) is 18.7. The first-order valence-corrected chi connectivity index (χ1v) is 11.0. The SMILES string of the molecule is Cc1cc(C(=O)N2CC3(C2)[C@@H](COCC2CC2)CCS3(=O)=O)cc(C)n1. The Labute approximate surface area is 154 Å². The molecule has 1 aliphatic carbocycles. The van der Waals surface area contributed by atoms with Crippen molar-refractivity contribution in [3.05, 3.63) is 29.1 Å². The molecule has 1 aromatic heterocycles. The van der Waals surface area contributed by atoms with Crippen molar-refractivity contribution in [1.82, 2.24) is 9.88 Å². The highest BCUT2D eigenvalue weighted by Crippen LogP contribution is 2.45. The zero-order valence-corrected chi connectivity index (χ0v) is 16.2. The van der Waals surface area contributed by atoms with Crippen LogP contribution < -0.4 is 0 Å². The number of carbonyl (C=O) groups is 1. The lowest BCUT2D eigenvalue weighted by atomic mass is 9.83. The number of pyridine rings is 1. The minimum absolute atomic E-state index is 0.00351. The van der Waals surface area contributed by atoms with Gasteiger partial charge in [0.1, 0.15) is 4.75 Å². The first kappa shape index (κ1) is 17.9. The summed E-state index contributed by atoms with van der Waals surface area (Å²) in [6, 6.07) is 3.53. The van der Waals surface area contributed by atoms with Crippen molar-refractivity contribution in [1.29, 1.82) is 0 Å². The summed E-state index contributed by atoms with van der Waals surface area (Å²) in [5.41, 5.74) is 2.17. The number of likely N-dealkylation sites (tertiary alicyclic amines) is 1. The number of amides is 1. The van der Waals surface area contributed by atoms with Crippen LogP contribution in [0.5, 0.6) is 0 Å². The molecule has 2 aliphatic heterocycles. The summed E-state index contributed by atoms with van der Waals surface area (Å²) in [6.07, 6.45) is 3.09. The Morgan fingerprint density at radius 1 is 1.19 bits per heavy atom. The van der Waals surface area contributed by atoms with Crippen LogP contribution in [0.25, 0.3) is 0 Å². The van der Waals surface area contributed by atoms with Crippen LogP contribution in [0.15, 0.2) is 12.1 Å². The standard InChI is InChI=1S/C19H26N2O4S/c1-13-7-16(8-14(2)20-13)18(22)21-11-19(12-21)17(5-6-26(19,23)24)10-25-9-15-3-4-15/h7-8,15,17H,3-6,9-12H2,1-2H3/t17-/m1/s1. The molecule has 1 atom stereocenters. The van der Waals surface area contributed by atoms with Gasteiger partial charge in [-0.3, -0.25) is 9.78 Å². The maximum atomic E-state index is 12.8. The molecule has 0 bridgehead atoms.